The average molecular weight is 326 g/mol. The second-order valence-corrected chi connectivity index (χ2v) is 4.67. The average Bonchev–Trinajstić information content (AvgIpc) is 2.35. The van der Waals surface area contributed by atoms with Gasteiger partial charge in [-0.05, 0) is 37.6 Å². The zero-order valence-electron chi connectivity index (χ0n) is 11.6. The van der Waals surface area contributed by atoms with Crippen LogP contribution in [0.4, 0.5) is 26.3 Å². The van der Waals surface area contributed by atoms with Gasteiger partial charge >= 0.3 is 18.3 Å². The van der Waals surface area contributed by atoms with Crippen LogP contribution in [0.1, 0.15) is 36.6 Å². The van der Waals surface area contributed by atoms with Crippen LogP contribution >= 0.6 is 0 Å². The largest absolute Gasteiger partial charge is 0.454 e. The molecule has 0 aliphatic rings. The van der Waals surface area contributed by atoms with Crippen molar-refractivity contribution in [2.24, 2.45) is 0 Å². The minimum Gasteiger partial charge on any atom is -0.454 e. The lowest BCUT2D eigenvalue weighted by Gasteiger charge is -2.18. The van der Waals surface area contributed by atoms with Crippen LogP contribution in [-0.4, -0.2) is 5.97 Å². The number of rotatable bonds is 3. The van der Waals surface area contributed by atoms with Crippen molar-refractivity contribution in [3.63, 3.8) is 0 Å². The van der Waals surface area contributed by atoms with E-state index in [1.807, 2.05) is 0 Å². The quantitative estimate of drug-likeness (QED) is 0.448. The third-order valence-corrected chi connectivity index (χ3v) is 2.71. The number of ether oxygens (including phenoxy) is 1. The highest BCUT2D eigenvalue weighted by Gasteiger charge is 2.37. The molecule has 1 aromatic rings. The summed E-state index contributed by atoms with van der Waals surface area (Å²) >= 11 is 0. The van der Waals surface area contributed by atoms with E-state index in [0.717, 1.165) is 0 Å². The van der Waals surface area contributed by atoms with Gasteiger partial charge in [0.15, 0.2) is 0 Å². The number of alkyl halides is 6. The minimum atomic E-state index is -4.95. The van der Waals surface area contributed by atoms with Gasteiger partial charge in [-0.1, -0.05) is 6.58 Å². The van der Waals surface area contributed by atoms with Crippen molar-refractivity contribution >= 4 is 5.97 Å². The van der Waals surface area contributed by atoms with Gasteiger partial charge < -0.3 is 4.74 Å². The Morgan fingerprint density at radius 1 is 1.05 bits per heavy atom. The maximum absolute atomic E-state index is 12.7. The Bertz CT molecular complexity index is 554. The number of carbonyl (C=O) groups is 1. The molecule has 1 aromatic carbocycles. The smallest absolute Gasteiger partial charge is 0.416 e. The van der Waals surface area contributed by atoms with Gasteiger partial charge in [0.05, 0.1) is 11.1 Å². The van der Waals surface area contributed by atoms with Gasteiger partial charge in [-0.25, -0.2) is 4.79 Å². The predicted molar refractivity (Wildman–Crippen MR) is 65.8 cm³/mol. The Kier molecular flexibility index (Phi) is 4.94. The minimum absolute atomic E-state index is 0.0107. The highest BCUT2D eigenvalue weighted by atomic mass is 19.4. The van der Waals surface area contributed by atoms with E-state index in [1.54, 1.807) is 0 Å². The summed E-state index contributed by atoms with van der Waals surface area (Å²) < 4.78 is 81.0. The first-order valence-corrected chi connectivity index (χ1v) is 5.98. The van der Waals surface area contributed by atoms with Gasteiger partial charge in [0, 0.05) is 5.57 Å². The first-order chi connectivity index (χ1) is 9.82. The molecule has 1 unspecified atom stereocenters. The number of halogens is 6. The normalized spacial score (nSPS) is 13.6. The SMILES string of the molecule is C=C(C)C(=O)OC(C)c1cc(C(F)(F)F)cc(C(F)(F)F)c1. The fourth-order valence-corrected chi connectivity index (χ4v) is 1.54. The summed E-state index contributed by atoms with van der Waals surface area (Å²) in [5.74, 6) is -0.904. The van der Waals surface area contributed by atoms with Gasteiger partial charge in [0.1, 0.15) is 6.10 Å². The van der Waals surface area contributed by atoms with Crippen molar-refractivity contribution in [3.05, 3.63) is 47.0 Å². The Labute approximate surface area is 122 Å². The molecule has 1 rings (SSSR count). The standard InChI is InChI=1S/C14H12F6O2/c1-7(2)12(21)22-8(3)9-4-10(13(15,16)17)6-11(5-9)14(18,19)20/h4-6,8H,1H2,2-3H3. The zero-order chi connectivity index (χ0) is 17.3. The topological polar surface area (TPSA) is 26.3 Å². The third-order valence-electron chi connectivity index (χ3n) is 2.71. The summed E-state index contributed by atoms with van der Waals surface area (Å²) in [6.45, 7) is 5.77. The van der Waals surface area contributed by atoms with Gasteiger partial charge in [-0.15, -0.1) is 0 Å². The first kappa shape index (κ1) is 18.1. The molecular weight excluding hydrogens is 314 g/mol. The molecule has 1 atom stereocenters. The Morgan fingerprint density at radius 3 is 1.77 bits per heavy atom. The summed E-state index contributed by atoms with van der Waals surface area (Å²) in [7, 11) is 0. The summed E-state index contributed by atoms with van der Waals surface area (Å²) in [5, 5.41) is 0. The zero-order valence-corrected chi connectivity index (χ0v) is 11.6. The Morgan fingerprint density at radius 2 is 1.45 bits per heavy atom. The number of benzene rings is 1. The number of esters is 1. The van der Waals surface area contributed by atoms with E-state index in [1.165, 1.54) is 13.8 Å². The molecule has 0 fully saturated rings. The molecule has 0 saturated carbocycles. The van der Waals surface area contributed by atoms with E-state index >= 15 is 0 Å². The summed E-state index contributed by atoms with van der Waals surface area (Å²) in [5.41, 5.74) is -3.35. The molecule has 0 heterocycles. The van der Waals surface area contributed by atoms with Crippen molar-refractivity contribution in [2.75, 3.05) is 0 Å². The van der Waals surface area contributed by atoms with E-state index in [4.69, 9.17) is 4.74 Å². The van der Waals surface area contributed by atoms with Crippen LogP contribution in [0.2, 0.25) is 0 Å². The van der Waals surface area contributed by atoms with Crippen molar-refractivity contribution < 1.29 is 35.9 Å². The monoisotopic (exact) mass is 326 g/mol. The third kappa shape index (κ3) is 4.51. The van der Waals surface area contributed by atoms with Crippen molar-refractivity contribution in [2.45, 2.75) is 32.3 Å². The molecule has 0 aliphatic carbocycles. The van der Waals surface area contributed by atoms with Crippen LogP contribution in [-0.2, 0) is 21.9 Å². The van der Waals surface area contributed by atoms with Crippen molar-refractivity contribution in [1.29, 1.82) is 0 Å². The van der Waals surface area contributed by atoms with E-state index in [-0.39, 0.29) is 11.6 Å². The molecule has 0 bridgehead atoms. The maximum atomic E-state index is 12.7. The van der Waals surface area contributed by atoms with E-state index in [9.17, 15) is 31.1 Å². The van der Waals surface area contributed by atoms with E-state index < -0.39 is 41.1 Å². The van der Waals surface area contributed by atoms with E-state index in [2.05, 4.69) is 6.58 Å². The maximum Gasteiger partial charge on any atom is 0.416 e. The van der Waals surface area contributed by atoms with Crippen LogP contribution in [0.25, 0.3) is 0 Å². The molecule has 22 heavy (non-hydrogen) atoms. The van der Waals surface area contributed by atoms with Gasteiger partial charge in [-0.2, -0.15) is 26.3 Å². The predicted octanol–water partition coefficient (Wildman–Crippen LogP) is 4.90. The number of hydrogen-bond acceptors (Lipinski definition) is 2. The Balaban J connectivity index is 3.29. The second-order valence-electron chi connectivity index (χ2n) is 4.67. The Hall–Kier alpha value is -1.99. The summed E-state index contributed by atoms with van der Waals surface area (Å²) in [4.78, 5) is 11.3. The van der Waals surface area contributed by atoms with Crippen LogP contribution in [0.5, 0.6) is 0 Å². The van der Waals surface area contributed by atoms with Gasteiger partial charge in [-0.3, -0.25) is 0 Å². The lowest BCUT2D eigenvalue weighted by molar-refractivity contribution is -0.144. The number of hydrogen-bond donors (Lipinski definition) is 0. The van der Waals surface area contributed by atoms with Crippen molar-refractivity contribution in [3.8, 4) is 0 Å². The van der Waals surface area contributed by atoms with Crippen LogP contribution < -0.4 is 0 Å². The lowest BCUT2D eigenvalue weighted by atomic mass is 10.0. The summed E-state index contributed by atoms with van der Waals surface area (Å²) in [6, 6.07) is 1.05. The molecule has 0 radical (unpaired) electrons. The first-order valence-electron chi connectivity index (χ1n) is 5.98. The number of carbonyl (C=O) groups excluding carboxylic acids is 1. The van der Waals surface area contributed by atoms with E-state index in [0.29, 0.717) is 12.1 Å². The highest BCUT2D eigenvalue weighted by molar-refractivity contribution is 5.87. The fraction of sp³-hybridized carbons (Fsp3) is 0.357. The molecule has 0 amide bonds. The summed E-state index contributed by atoms with van der Waals surface area (Å²) in [6.07, 6.45) is -11.2. The molecule has 122 valence electrons. The molecule has 0 N–H and O–H groups in total. The fourth-order valence-electron chi connectivity index (χ4n) is 1.54. The molecule has 0 spiro atoms. The molecule has 0 saturated heterocycles. The van der Waals surface area contributed by atoms with Crippen LogP contribution in [0.3, 0.4) is 0 Å². The molecule has 0 aromatic heterocycles. The van der Waals surface area contributed by atoms with Gasteiger partial charge in [0.25, 0.3) is 0 Å². The molecular formula is C14H12F6O2. The molecule has 0 aliphatic heterocycles. The molecule has 8 heteroatoms. The van der Waals surface area contributed by atoms with Gasteiger partial charge in [0.2, 0.25) is 0 Å². The van der Waals surface area contributed by atoms with Crippen LogP contribution in [0.15, 0.2) is 30.4 Å². The lowest BCUT2D eigenvalue weighted by Crippen LogP contribution is -2.14. The van der Waals surface area contributed by atoms with Crippen LogP contribution in [0, 0.1) is 0 Å². The second kappa shape index (κ2) is 6.02. The highest BCUT2D eigenvalue weighted by Crippen LogP contribution is 2.37. The van der Waals surface area contributed by atoms with Crippen molar-refractivity contribution in [1.82, 2.24) is 0 Å². The molecule has 2 nitrogen and oxygen atoms in total.